The van der Waals surface area contributed by atoms with E-state index in [1.807, 2.05) is 27.7 Å². The Bertz CT molecular complexity index is 258. The third-order valence-corrected chi connectivity index (χ3v) is 1.77. The van der Waals surface area contributed by atoms with Crippen molar-refractivity contribution in [3.8, 4) is 0 Å². The molecule has 62 valence electrons. The third-order valence-electron chi connectivity index (χ3n) is 1.77. The van der Waals surface area contributed by atoms with E-state index in [2.05, 4.69) is 5.16 Å². The van der Waals surface area contributed by atoms with Gasteiger partial charge in [0.05, 0.1) is 5.54 Å². The molecule has 1 rings (SSSR count). The molecule has 0 aliphatic rings. The van der Waals surface area contributed by atoms with Crippen LogP contribution in [0.5, 0.6) is 0 Å². The molecule has 3 nitrogen and oxygen atoms in total. The molecule has 0 amide bonds. The van der Waals surface area contributed by atoms with Crippen LogP contribution in [0.3, 0.4) is 0 Å². The fraction of sp³-hybridized carbons (Fsp3) is 0.625. The Kier molecular flexibility index (Phi) is 1.76. The summed E-state index contributed by atoms with van der Waals surface area (Å²) in [5.41, 5.74) is 7.34. The van der Waals surface area contributed by atoms with Crippen molar-refractivity contribution >= 4 is 0 Å². The van der Waals surface area contributed by atoms with Crippen LogP contribution in [0.4, 0.5) is 0 Å². The molecule has 2 N–H and O–H groups in total. The van der Waals surface area contributed by atoms with Gasteiger partial charge in [0.1, 0.15) is 11.5 Å². The molecule has 1 heterocycles. The standard InChI is InChI=1S/C8H14N2O/c1-5-6(2)11-10-7(5)8(3,4)9/h9H2,1-4H3. The molecule has 0 saturated heterocycles. The van der Waals surface area contributed by atoms with Gasteiger partial charge in [-0.2, -0.15) is 0 Å². The summed E-state index contributed by atoms with van der Waals surface area (Å²) >= 11 is 0. The lowest BCUT2D eigenvalue weighted by molar-refractivity contribution is 0.372. The average molecular weight is 154 g/mol. The Morgan fingerprint density at radius 1 is 1.36 bits per heavy atom. The molecule has 0 atom stereocenters. The van der Waals surface area contributed by atoms with Crippen LogP contribution < -0.4 is 5.73 Å². The van der Waals surface area contributed by atoms with E-state index in [1.165, 1.54) is 0 Å². The number of nitrogens with two attached hydrogens (primary N) is 1. The number of aryl methyl sites for hydroxylation is 1. The molecule has 11 heavy (non-hydrogen) atoms. The zero-order chi connectivity index (χ0) is 8.65. The molecule has 0 unspecified atom stereocenters. The first-order valence-electron chi connectivity index (χ1n) is 3.65. The van der Waals surface area contributed by atoms with Crippen LogP contribution in [0, 0.1) is 13.8 Å². The summed E-state index contributed by atoms with van der Waals surface area (Å²) in [5, 5.41) is 3.89. The molecule has 0 aliphatic heterocycles. The van der Waals surface area contributed by atoms with Crippen molar-refractivity contribution in [2.24, 2.45) is 5.73 Å². The lowest BCUT2D eigenvalue weighted by atomic mass is 9.98. The van der Waals surface area contributed by atoms with E-state index in [9.17, 15) is 0 Å². The summed E-state index contributed by atoms with van der Waals surface area (Å²) < 4.78 is 4.99. The van der Waals surface area contributed by atoms with E-state index in [0.29, 0.717) is 0 Å². The van der Waals surface area contributed by atoms with Gasteiger partial charge in [-0.1, -0.05) is 5.16 Å². The Labute approximate surface area is 66.6 Å². The topological polar surface area (TPSA) is 52.0 Å². The lowest BCUT2D eigenvalue weighted by Gasteiger charge is -2.15. The molecule has 0 aliphatic carbocycles. The van der Waals surface area contributed by atoms with Gasteiger partial charge < -0.3 is 10.3 Å². The van der Waals surface area contributed by atoms with Crippen molar-refractivity contribution in [3.63, 3.8) is 0 Å². The maximum atomic E-state index is 5.85. The predicted octanol–water partition coefficient (Wildman–Crippen LogP) is 1.49. The van der Waals surface area contributed by atoms with Crippen LogP contribution in [0.2, 0.25) is 0 Å². The Balaban J connectivity index is 3.15. The highest BCUT2D eigenvalue weighted by atomic mass is 16.5. The number of rotatable bonds is 1. The van der Waals surface area contributed by atoms with Crippen molar-refractivity contribution in [3.05, 3.63) is 17.0 Å². The normalized spacial score (nSPS) is 12.1. The van der Waals surface area contributed by atoms with Gasteiger partial charge in [-0.3, -0.25) is 0 Å². The summed E-state index contributed by atoms with van der Waals surface area (Å²) in [6.45, 7) is 7.68. The maximum Gasteiger partial charge on any atom is 0.136 e. The van der Waals surface area contributed by atoms with Crippen molar-refractivity contribution in [1.29, 1.82) is 0 Å². The van der Waals surface area contributed by atoms with E-state index in [4.69, 9.17) is 10.3 Å². The number of nitrogens with zero attached hydrogens (tertiary/aromatic N) is 1. The minimum Gasteiger partial charge on any atom is -0.361 e. The minimum atomic E-state index is -0.401. The van der Waals surface area contributed by atoms with Gasteiger partial charge in [-0.05, 0) is 27.7 Å². The Morgan fingerprint density at radius 2 is 1.91 bits per heavy atom. The van der Waals surface area contributed by atoms with Crippen LogP contribution in [-0.4, -0.2) is 5.16 Å². The first-order valence-corrected chi connectivity index (χ1v) is 3.65. The molecule has 0 radical (unpaired) electrons. The molecule has 1 aromatic heterocycles. The van der Waals surface area contributed by atoms with E-state index >= 15 is 0 Å². The van der Waals surface area contributed by atoms with Gasteiger partial charge in [0.2, 0.25) is 0 Å². The van der Waals surface area contributed by atoms with E-state index in [0.717, 1.165) is 17.0 Å². The van der Waals surface area contributed by atoms with Gasteiger partial charge in [0.25, 0.3) is 0 Å². The second-order valence-electron chi connectivity index (χ2n) is 3.43. The van der Waals surface area contributed by atoms with Gasteiger partial charge in [0, 0.05) is 5.56 Å². The quantitative estimate of drug-likeness (QED) is 0.666. The Hall–Kier alpha value is -0.830. The number of hydrogen-bond donors (Lipinski definition) is 1. The summed E-state index contributed by atoms with van der Waals surface area (Å²) in [6.07, 6.45) is 0. The largest absolute Gasteiger partial charge is 0.361 e. The molecule has 0 fully saturated rings. The lowest BCUT2D eigenvalue weighted by Crippen LogP contribution is -2.29. The highest BCUT2D eigenvalue weighted by molar-refractivity contribution is 5.25. The monoisotopic (exact) mass is 154 g/mol. The average Bonchev–Trinajstić information content (AvgIpc) is 2.11. The second-order valence-corrected chi connectivity index (χ2v) is 3.43. The van der Waals surface area contributed by atoms with Crippen LogP contribution >= 0.6 is 0 Å². The van der Waals surface area contributed by atoms with Crippen molar-refractivity contribution in [2.75, 3.05) is 0 Å². The van der Waals surface area contributed by atoms with Crippen LogP contribution in [0.25, 0.3) is 0 Å². The molecule has 1 aromatic rings. The van der Waals surface area contributed by atoms with Gasteiger partial charge >= 0.3 is 0 Å². The van der Waals surface area contributed by atoms with Crippen molar-refractivity contribution < 1.29 is 4.52 Å². The second kappa shape index (κ2) is 2.34. The van der Waals surface area contributed by atoms with Gasteiger partial charge in [-0.25, -0.2) is 0 Å². The SMILES string of the molecule is Cc1onc(C(C)(C)N)c1C. The fourth-order valence-electron chi connectivity index (χ4n) is 1.02. The van der Waals surface area contributed by atoms with E-state index < -0.39 is 5.54 Å². The van der Waals surface area contributed by atoms with Crippen LogP contribution in [0.15, 0.2) is 4.52 Å². The van der Waals surface area contributed by atoms with Gasteiger partial charge in [-0.15, -0.1) is 0 Å². The molecule has 0 bridgehead atoms. The fourth-order valence-corrected chi connectivity index (χ4v) is 1.02. The minimum absolute atomic E-state index is 0.401. The highest BCUT2D eigenvalue weighted by Gasteiger charge is 2.22. The first kappa shape index (κ1) is 8.27. The molecular formula is C8H14N2O. The van der Waals surface area contributed by atoms with Gasteiger partial charge in [0.15, 0.2) is 0 Å². The molecule has 3 heteroatoms. The maximum absolute atomic E-state index is 5.85. The molecule has 0 aromatic carbocycles. The van der Waals surface area contributed by atoms with E-state index in [1.54, 1.807) is 0 Å². The molecular weight excluding hydrogens is 140 g/mol. The zero-order valence-corrected chi connectivity index (χ0v) is 7.43. The third kappa shape index (κ3) is 1.43. The molecule has 0 saturated carbocycles. The van der Waals surface area contributed by atoms with Crippen LogP contribution in [0.1, 0.15) is 30.9 Å². The summed E-state index contributed by atoms with van der Waals surface area (Å²) in [7, 11) is 0. The number of hydrogen-bond acceptors (Lipinski definition) is 3. The van der Waals surface area contributed by atoms with E-state index in [-0.39, 0.29) is 0 Å². The summed E-state index contributed by atoms with van der Waals surface area (Å²) in [4.78, 5) is 0. The van der Waals surface area contributed by atoms with Crippen molar-refractivity contribution in [1.82, 2.24) is 5.16 Å². The molecule has 0 spiro atoms. The summed E-state index contributed by atoms with van der Waals surface area (Å²) in [6, 6.07) is 0. The van der Waals surface area contributed by atoms with Crippen LogP contribution in [-0.2, 0) is 5.54 Å². The zero-order valence-electron chi connectivity index (χ0n) is 7.43. The first-order chi connectivity index (χ1) is 4.93. The summed E-state index contributed by atoms with van der Waals surface area (Å²) in [5.74, 6) is 0.846. The number of aromatic nitrogens is 1. The highest BCUT2D eigenvalue weighted by Crippen LogP contribution is 2.21. The Morgan fingerprint density at radius 3 is 2.09 bits per heavy atom. The van der Waals surface area contributed by atoms with Crippen molar-refractivity contribution in [2.45, 2.75) is 33.2 Å². The smallest absolute Gasteiger partial charge is 0.136 e. The predicted molar refractivity (Wildman–Crippen MR) is 43.2 cm³/mol.